The summed E-state index contributed by atoms with van der Waals surface area (Å²) < 4.78 is 5.98. The van der Waals surface area contributed by atoms with Crippen molar-refractivity contribution in [3.05, 3.63) is 53.8 Å². The molecule has 2 amide bonds. The standard InChI is InChI=1S/C27H26N4O3/c1-31-23-11-16(2-3-17(23)12-25(31)32)15-5-7-24-19(8-15)10-22(34-24)13-21(14-28)30-27(33)26-18-4-6-20(9-18)29-26/h2-3,5,7-8,10-11,18,20-21,26,29H,4,6,9,12-13H2,1H3,(H,30,33)/t18-,20+,21?,26-/m0/s1. The lowest BCUT2D eigenvalue weighted by molar-refractivity contribution is -0.124. The summed E-state index contributed by atoms with van der Waals surface area (Å²) in [4.78, 5) is 26.4. The molecule has 0 radical (unpaired) electrons. The number of fused-ring (bicyclic) bond motifs is 4. The molecule has 2 bridgehead atoms. The van der Waals surface area contributed by atoms with Crippen LogP contribution in [-0.2, 0) is 22.4 Å². The molecule has 0 spiro atoms. The lowest BCUT2D eigenvalue weighted by atomic mass is 9.99. The van der Waals surface area contributed by atoms with Crippen LogP contribution in [-0.4, -0.2) is 37.0 Å². The fourth-order valence-electron chi connectivity index (χ4n) is 5.74. The third-order valence-corrected chi connectivity index (χ3v) is 7.58. The molecule has 1 aliphatic carbocycles. The van der Waals surface area contributed by atoms with Crippen molar-refractivity contribution in [2.45, 2.75) is 50.2 Å². The van der Waals surface area contributed by atoms with Gasteiger partial charge in [-0.25, -0.2) is 0 Å². The Hall–Kier alpha value is -3.63. The van der Waals surface area contributed by atoms with Gasteiger partial charge in [0.1, 0.15) is 17.4 Å². The van der Waals surface area contributed by atoms with Crippen LogP contribution in [0.15, 0.2) is 46.9 Å². The number of carbonyl (C=O) groups excluding carboxylic acids is 2. The van der Waals surface area contributed by atoms with Crippen LogP contribution in [0.2, 0.25) is 0 Å². The monoisotopic (exact) mass is 454 g/mol. The lowest BCUT2D eigenvalue weighted by Crippen LogP contribution is -2.50. The Morgan fingerprint density at radius 3 is 2.82 bits per heavy atom. The van der Waals surface area contributed by atoms with Gasteiger partial charge in [-0.05, 0) is 66.1 Å². The number of benzene rings is 2. The highest BCUT2D eigenvalue weighted by molar-refractivity contribution is 6.01. The van der Waals surface area contributed by atoms with Crippen molar-refractivity contribution in [2.24, 2.45) is 5.92 Å². The zero-order valence-corrected chi connectivity index (χ0v) is 19.0. The summed E-state index contributed by atoms with van der Waals surface area (Å²) in [6.45, 7) is 0. The fraction of sp³-hybridized carbons (Fsp3) is 0.370. The summed E-state index contributed by atoms with van der Waals surface area (Å²) in [6.07, 6.45) is 4.04. The fourth-order valence-corrected chi connectivity index (χ4v) is 5.74. The van der Waals surface area contributed by atoms with E-state index >= 15 is 0 Å². The number of piperidine rings is 1. The zero-order chi connectivity index (χ0) is 23.4. The van der Waals surface area contributed by atoms with Gasteiger partial charge in [0.15, 0.2) is 0 Å². The minimum atomic E-state index is -0.641. The molecule has 3 aliphatic rings. The third-order valence-electron chi connectivity index (χ3n) is 7.58. The first-order valence-electron chi connectivity index (χ1n) is 11.9. The number of carbonyl (C=O) groups is 2. The predicted molar refractivity (Wildman–Crippen MR) is 128 cm³/mol. The largest absolute Gasteiger partial charge is 0.461 e. The lowest BCUT2D eigenvalue weighted by Gasteiger charge is -2.23. The number of amides is 2. The SMILES string of the molecule is CN1C(=O)Cc2ccc(-c3ccc4oc(CC(C#N)NC(=O)[C@H]5N[C@@H]6CC[C@H]5C6)cc4c3)cc21. The highest BCUT2D eigenvalue weighted by atomic mass is 16.3. The molecule has 4 atom stereocenters. The normalized spacial score (nSPS) is 23.8. The van der Waals surface area contributed by atoms with Gasteiger partial charge in [0.25, 0.3) is 0 Å². The Morgan fingerprint density at radius 1 is 1.24 bits per heavy atom. The molecule has 7 nitrogen and oxygen atoms in total. The van der Waals surface area contributed by atoms with E-state index in [1.807, 2.05) is 36.4 Å². The average Bonchev–Trinajstić information content (AvgIpc) is 3.62. The second-order valence-electron chi connectivity index (χ2n) is 9.75. The first-order valence-corrected chi connectivity index (χ1v) is 11.9. The number of hydrogen-bond acceptors (Lipinski definition) is 5. The van der Waals surface area contributed by atoms with E-state index in [0.717, 1.165) is 52.6 Å². The summed E-state index contributed by atoms with van der Waals surface area (Å²) >= 11 is 0. The van der Waals surface area contributed by atoms with Gasteiger partial charge in [0.2, 0.25) is 11.8 Å². The van der Waals surface area contributed by atoms with Crippen LogP contribution in [0.3, 0.4) is 0 Å². The van der Waals surface area contributed by atoms with E-state index in [-0.39, 0.29) is 17.9 Å². The summed E-state index contributed by atoms with van der Waals surface area (Å²) in [7, 11) is 1.81. The maximum Gasteiger partial charge on any atom is 0.238 e. The molecule has 6 rings (SSSR count). The predicted octanol–water partition coefficient (Wildman–Crippen LogP) is 3.31. The van der Waals surface area contributed by atoms with Crippen LogP contribution in [0.1, 0.15) is 30.6 Å². The molecule has 2 aromatic carbocycles. The van der Waals surface area contributed by atoms with Gasteiger partial charge < -0.3 is 20.0 Å². The topological polar surface area (TPSA) is 98.4 Å². The van der Waals surface area contributed by atoms with E-state index in [1.54, 1.807) is 11.9 Å². The zero-order valence-electron chi connectivity index (χ0n) is 19.0. The highest BCUT2D eigenvalue weighted by Crippen LogP contribution is 2.36. The number of furan rings is 1. The minimum Gasteiger partial charge on any atom is -0.461 e. The third kappa shape index (κ3) is 3.55. The van der Waals surface area contributed by atoms with Crippen LogP contribution in [0, 0.1) is 17.2 Å². The van der Waals surface area contributed by atoms with Crippen LogP contribution in [0.5, 0.6) is 0 Å². The molecule has 1 unspecified atom stereocenters. The Bertz CT molecular complexity index is 1350. The van der Waals surface area contributed by atoms with Crippen molar-refractivity contribution >= 4 is 28.5 Å². The molecule has 34 heavy (non-hydrogen) atoms. The first kappa shape index (κ1) is 20.9. The maximum atomic E-state index is 12.7. The Morgan fingerprint density at radius 2 is 2.06 bits per heavy atom. The number of hydrogen-bond donors (Lipinski definition) is 2. The Kier molecular flexibility index (Phi) is 4.93. The van der Waals surface area contributed by atoms with Gasteiger partial charge in [0, 0.05) is 30.6 Å². The van der Waals surface area contributed by atoms with Crippen molar-refractivity contribution in [3.63, 3.8) is 0 Å². The van der Waals surface area contributed by atoms with Crippen LogP contribution in [0.4, 0.5) is 5.69 Å². The Labute approximate surface area is 197 Å². The van der Waals surface area contributed by atoms with Gasteiger partial charge in [-0.15, -0.1) is 0 Å². The van der Waals surface area contributed by atoms with Crippen molar-refractivity contribution in [1.82, 2.24) is 10.6 Å². The molecule has 7 heteroatoms. The number of nitrogens with zero attached hydrogens (tertiary/aromatic N) is 2. The number of nitriles is 1. The van der Waals surface area contributed by atoms with Gasteiger partial charge in [-0.3, -0.25) is 9.59 Å². The Balaban J connectivity index is 1.19. The van der Waals surface area contributed by atoms with Crippen molar-refractivity contribution < 1.29 is 14.0 Å². The molecule has 3 heterocycles. The summed E-state index contributed by atoms with van der Waals surface area (Å²) in [6, 6.07) is 15.8. The molecule has 1 saturated heterocycles. The molecule has 2 aliphatic heterocycles. The molecular weight excluding hydrogens is 428 g/mol. The van der Waals surface area contributed by atoms with Gasteiger partial charge >= 0.3 is 0 Å². The molecule has 2 N–H and O–H groups in total. The van der Waals surface area contributed by atoms with Gasteiger partial charge in [0.05, 0.1) is 18.5 Å². The molecule has 3 aromatic rings. The minimum absolute atomic E-state index is 0.0859. The molecule has 1 aromatic heterocycles. The molecular formula is C27H26N4O3. The van der Waals surface area contributed by atoms with E-state index in [9.17, 15) is 14.9 Å². The van der Waals surface area contributed by atoms with E-state index in [1.165, 1.54) is 0 Å². The van der Waals surface area contributed by atoms with Crippen molar-refractivity contribution in [1.29, 1.82) is 5.26 Å². The number of nitrogens with one attached hydrogen (secondary N) is 2. The number of likely N-dealkylation sites (N-methyl/N-ethyl adjacent to an activating group) is 1. The second kappa shape index (κ2) is 8.00. The van der Waals surface area contributed by atoms with Crippen LogP contribution < -0.4 is 15.5 Å². The van der Waals surface area contributed by atoms with Crippen molar-refractivity contribution in [2.75, 3.05) is 11.9 Å². The molecule has 2 fully saturated rings. The summed E-state index contributed by atoms with van der Waals surface area (Å²) in [5.41, 5.74) is 4.81. The number of anilines is 1. The van der Waals surface area contributed by atoms with E-state index in [2.05, 4.69) is 22.8 Å². The summed E-state index contributed by atoms with van der Waals surface area (Å²) in [5, 5.41) is 16.9. The van der Waals surface area contributed by atoms with Crippen molar-refractivity contribution in [3.8, 4) is 17.2 Å². The summed E-state index contributed by atoms with van der Waals surface area (Å²) in [5.74, 6) is 1.07. The van der Waals surface area contributed by atoms with Gasteiger partial charge in [-0.2, -0.15) is 5.26 Å². The van der Waals surface area contributed by atoms with E-state index in [4.69, 9.17) is 4.42 Å². The average molecular weight is 455 g/mol. The van der Waals surface area contributed by atoms with Crippen LogP contribution in [0.25, 0.3) is 22.1 Å². The number of rotatable bonds is 5. The van der Waals surface area contributed by atoms with Gasteiger partial charge in [-0.1, -0.05) is 18.2 Å². The van der Waals surface area contributed by atoms with E-state index in [0.29, 0.717) is 30.6 Å². The quantitative estimate of drug-likeness (QED) is 0.616. The van der Waals surface area contributed by atoms with E-state index < -0.39 is 6.04 Å². The molecule has 1 saturated carbocycles. The maximum absolute atomic E-state index is 12.7. The van der Waals surface area contributed by atoms with Crippen LogP contribution >= 0.6 is 0 Å². The highest BCUT2D eigenvalue weighted by Gasteiger charge is 2.43. The molecule has 172 valence electrons. The first-order chi connectivity index (χ1) is 16.5. The second-order valence-corrected chi connectivity index (χ2v) is 9.75. The smallest absolute Gasteiger partial charge is 0.238 e.